The molecule has 0 aromatic heterocycles. The van der Waals surface area contributed by atoms with Gasteiger partial charge in [-0.3, -0.25) is 4.79 Å². The summed E-state index contributed by atoms with van der Waals surface area (Å²) in [6, 6.07) is 8.06. The van der Waals surface area contributed by atoms with Crippen LogP contribution in [0.2, 0.25) is 5.02 Å². The highest BCUT2D eigenvalue weighted by molar-refractivity contribution is 6.30. The molecule has 15 heavy (non-hydrogen) atoms. The summed E-state index contributed by atoms with van der Waals surface area (Å²) in [7, 11) is 1.86. The first kappa shape index (κ1) is 10.5. The molecule has 0 saturated carbocycles. The average Bonchev–Trinajstić information content (AvgIpc) is 2.47. The number of carbonyl (C=O) groups is 1. The number of benzene rings is 1. The maximum atomic E-state index is 11.5. The molecule has 1 saturated heterocycles. The highest BCUT2D eigenvalue weighted by atomic mass is 35.5. The zero-order valence-electron chi connectivity index (χ0n) is 8.90. The van der Waals surface area contributed by atoms with Crippen LogP contribution in [0.25, 0.3) is 0 Å². The molecular formula is C12H14ClNO. The highest BCUT2D eigenvalue weighted by Crippen LogP contribution is 2.33. The molecule has 2 unspecified atom stereocenters. The number of carbonyl (C=O) groups excluding carboxylic acids is 1. The molecule has 3 heteroatoms. The fourth-order valence-electron chi connectivity index (χ4n) is 2.11. The molecule has 1 amide bonds. The Morgan fingerprint density at radius 1 is 1.33 bits per heavy atom. The van der Waals surface area contributed by atoms with Crippen molar-refractivity contribution in [3.8, 4) is 0 Å². The van der Waals surface area contributed by atoms with Crippen LogP contribution in [0.5, 0.6) is 0 Å². The van der Waals surface area contributed by atoms with Gasteiger partial charge in [-0.25, -0.2) is 0 Å². The summed E-state index contributed by atoms with van der Waals surface area (Å²) in [5, 5.41) is 0.740. The van der Waals surface area contributed by atoms with Gasteiger partial charge in [-0.1, -0.05) is 23.7 Å². The van der Waals surface area contributed by atoms with Gasteiger partial charge in [0.15, 0.2) is 0 Å². The minimum Gasteiger partial charge on any atom is -0.342 e. The predicted octanol–water partition coefficient (Wildman–Crippen LogP) is 2.67. The van der Waals surface area contributed by atoms with Gasteiger partial charge >= 0.3 is 0 Å². The number of likely N-dealkylation sites (N-methyl/N-ethyl adjacent to an activating group) is 1. The van der Waals surface area contributed by atoms with Crippen molar-refractivity contribution in [3.05, 3.63) is 34.9 Å². The number of rotatable bonds is 1. The van der Waals surface area contributed by atoms with E-state index in [1.54, 1.807) is 0 Å². The van der Waals surface area contributed by atoms with E-state index in [-0.39, 0.29) is 11.9 Å². The molecule has 2 atom stereocenters. The first-order valence-electron chi connectivity index (χ1n) is 5.10. The summed E-state index contributed by atoms with van der Waals surface area (Å²) in [5.74, 6) is 0.530. The van der Waals surface area contributed by atoms with Gasteiger partial charge in [-0.2, -0.15) is 0 Å². The molecule has 1 aromatic rings. The quantitative estimate of drug-likeness (QED) is 0.717. The fraction of sp³-hybridized carbons (Fsp3) is 0.417. The van der Waals surface area contributed by atoms with Gasteiger partial charge in [0.1, 0.15) is 0 Å². The number of likely N-dealkylation sites (tertiary alicyclic amines) is 1. The molecule has 1 aromatic carbocycles. The molecule has 80 valence electrons. The lowest BCUT2D eigenvalue weighted by atomic mass is 9.93. The van der Waals surface area contributed by atoms with Crippen LogP contribution >= 0.6 is 11.6 Å². The standard InChI is InChI=1S/C12H14ClNO/c1-8-11(7-12(15)14(8)2)9-3-5-10(13)6-4-9/h3-6,8,11H,7H2,1-2H3. The van der Waals surface area contributed by atoms with Crippen molar-refractivity contribution < 1.29 is 4.79 Å². The first-order valence-corrected chi connectivity index (χ1v) is 5.48. The third-order valence-electron chi connectivity index (χ3n) is 3.28. The number of nitrogens with zero attached hydrogens (tertiary/aromatic N) is 1. The lowest BCUT2D eigenvalue weighted by Crippen LogP contribution is -2.27. The van der Waals surface area contributed by atoms with E-state index in [2.05, 4.69) is 6.92 Å². The molecule has 0 aliphatic carbocycles. The zero-order valence-corrected chi connectivity index (χ0v) is 9.66. The Bertz CT molecular complexity index is 374. The van der Waals surface area contributed by atoms with Crippen LogP contribution in [0.3, 0.4) is 0 Å². The third kappa shape index (κ3) is 1.86. The van der Waals surface area contributed by atoms with Gasteiger partial charge in [0.2, 0.25) is 5.91 Å². The van der Waals surface area contributed by atoms with Crippen LogP contribution in [0.4, 0.5) is 0 Å². The van der Waals surface area contributed by atoms with E-state index in [4.69, 9.17) is 11.6 Å². The summed E-state index contributed by atoms with van der Waals surface area (Å²) in [5.41, 5.74) is 1.20. The third-order valence-corrected chi connectivity index (χ3v) is 3.53. The van der Waals surface area contributed by atoms with E-state index in [1.165, 1.54) is 5.56 Å². The van der Waals surface area contributed by atoms with E-state index in [0.717, 1.165) is 5.02 Å². The predicted molar refractivity (Wildman–Crippen MR) is 61.0 cm³/mol. The van der Waals surface area contributed by atoms with Gasteiger partial charge in [0, 0.05) is 30.5 Å². The van der Waals surface area contributed by atoms with Gasteiger partial charge in [-0.05, 0) is 24.6 Å². The van der Waals surface area contributed by atoms with Crippen molar-refractivity contribution in [2.24, 2.45) is 0 Å². The van der Waals surface area contributed by atoms with Crippen molar-refractivity contribution >= 4 is 17.5 Å². The Hall–Kier alpha value is -1.02. The second kappa shape index (κ2) is 3.86. The fourth-order valence-corrected chi connectivity index (χ4v) is 2.23. The Morgan fingerprint density at radius 2 is 1.93 bits per heavy atom. The lowest BCUT2D eigenvalue weighted by molar-refractivity contribution is -0.127. The van der Waals surface area contributed by atoms with Crippen molar-refractivity contribution in [2.45, 2.75) is 25.3 Å². The molecule has 1 aliphatic heterocycles. The molecule has 0 bridgehead atoms. The summed E-state index contributed by atoms with van der Waals surface area (Å²) in [6.45, 7) is 2.09. The molecule has 0 spiro atoms. The molecule has 1 heterocycles. The second-order valence-corrected chi connectivity index (χ2v) is 4.54. The molecule has 0 radical (unpaired) electrons. The maximum absolute atomic E-state index is 11.5. The summed E-state index contributed by atoms with van der Waals surface area (Å²) in [4.78, 5) is 13.4. The number of amides is 1. The van der Waals surface area contributed by atoms with Crippen LogP contribution in [-0.2, 0) is 4.79 Å². The maximum Gasteiger partial charge on any atom is 0.223 e. The van der Waals surface area contributed by atoms with E-state index in [9.17, 15) is 4.79 Å². The van der Waals surface area contributed by atoms with Crippen molar-refractivity contribution in [3.63, 3.8) is 0 Å². The van der Waals surface area contributed by atoms with E-state index in [1.807, 2.05) is 36.2 Å². The Labute approximate surface area is 94.8 Å². The van der Waals surface area contributed by atoms with E-state index >= 15 is 0 Å². The van der Waals surface area contributed by atoms with Gasteiger partial charge in [0.05, 0.1) is 0 Å². The summed E-state index contributed by atoms with van der Waals surface area (Å²) in [6.07, 6.45) is 0.610. The van der Waals surface area contributed by atoms with Crippen molar-refractivity contribution in [1.29, 1.82) is 0 Å². The minimum atomic E-state index is 0.224. The molecular weight excluding hydrogens is 210 g/mol. The first-order chi connectivity index (χ1) is 7.09. The Balaban J connectivity index is 2.25. The van der Waals surface area contributed by atoms with Crippen LogP contribution in [0.15, 0.2) is 24.3 Å². The lowest BCUT2D eigenvalue weighted by Gasteiger charge is -2.20. The molecule has 1 aliphatic rings. The van der Waals surface area contributed by atoms with Crippen molar-refractivity contribution in [2.75, 3.05) is 7.05 Å². The van der Waals surface area contributed by atoms with E-state index in [0.29, 0.717) is 12.3 Å². The number of hydrogen-bond acceptors (Lipinski definition) is 1. The van der Waals surface area contributed by atoms with Crippen LogP contribution in [0.1, 0.15) is 24.8 Å². The topological polar surface area (TPSA) is 20.3 Å². The monoisotopic (exact) mass is 223 g/mol. The Morgan fingerprint density at radius 3 is 2.40 bits per heavy atom. The van der Waals surface area contributed by atoms with Crippen LogP contribution in [-0.4, -0.2) is 23.9 Å². The van der Waals surface area contributed by atoms with Gasteiger partial charge in [-0.15, -0.1) is 0 Å². The molecule has 2 rings (SSSR count). The Kier molecular flexibility index (Phi) is 2.70. The SMILES string of the molecule is CC1C(c2ccc(Cl)cc2)CC(=O)N1C. The smallest absolute Gasteiger partial charge is 0.223 e. The molecule has 0 N–H and O–H groups in total. The molecule has 2 nitrogen and oxygen atoms in total. The number of hydrogen-bond donors (Lipinski definition) is 0. The minimum absolute atomic E-state index is 0.224. The largest absolute Gasteiger partial charge is 0.342 e. The summed E-state index contributed by atoms with van der Waals surface area (Å²) >= 11 is 5.83. The van der Waals surface area contributed by atoms with Crippen molar-refractivity contribution in [1.82, 2.24) is 4.90 Å². The van der Waals surface area contributed by atoms with Crippen LogP contribution < -0.4 is 0 Å². The number of halogens is 1. The van der Waals surface area contributed by atoms with E-state index < -0.39 is 0 Å². The summed E-state index contributed by atoms with van der Waals surface area (Å²) < 4.78 is 0. The normalized spacial score (nSPS) is 26.1. The highest BCUT2D eigenvalue weighted by Gasteiger charge is 2.34. The average molecular weight is 224 g/mol. The van der Waals surface area contributed by atoms with Crippen LogP contribution in [0, 0.1) is 0 Å². The second-order valence-electron chi connectivity index (χ2n) is 4.11. The zero-order chi connectivity index (χ0) is 11.0. The van der Waals surface area contributed by atoms with Gasteiger partial charge < -0.3 is 4.90 Å². The van der Waals surface area contributed by atoms with Gasteiger partial charge in [0.25, 0.3) is 0 Å². The molecule has 1 fully saturated rings.